The maximum absolute atomic E-state index is 12.8. The van der Waals surface area contributed by atoms with Crippen LogP contribution in [-0.4, -0.2) is 24.0 Å². The summed E-state index contributed by atoms with van der Waals surface area (Å²) in [6, 6.07) is 12.0. The van der Waals surface area contributed by atoms with Gasteiger partial charge in [0.1, 0.15) is 22.6 Å². The smallest absolute Gasteiger partial charge is 0.275 e. The van der Waals surface area contributed by atoms with Gasteiger partial charge in [0.15, 0.2) is 5.13 Å². The second-order valence-electron chi connectivity index (χ2n) is 7.62. The SMILES string of the molecule is COc1cc2c(cc1NC(=O)c1csc(NC3CCCCC3)n1)oc1ccccc12. The average molecular weight is 422 g/mol. The molecular formula is C23H23N3O3S. The van der Waals surface area contributed by atoms with Crippen LogP contribution in [0.5, 0.6) is 5.75 Å². The molecule has 5 rings (SSSR count). The molecule has 1 saturated carbocycles. The molecule has 0 unspecified atom stereocenters. The summed E-state index contributed by atoms with van der Waals surface area (Å²) in [5.74, 6) is 0.315. The van der Waals surface area contributed by atoms with E-state index in [2.05, 4.69) is 15.6 Å². The van der Waals surface area contributed by atoms with Crippen molar-refractivity contribution in [2.24, 2.45) is 0 Å². The van der Waals surface area contributed by atoms with Crippen LogP contribution in [0.15, 0.2) is 46.2 Å². The van der Waals surface area contributed by atoms with Crippen LogP contribution in [0, 0.1) is 0 Å². The van der Waals surface area contributed by atoms with Gasteiger partial charge < -0.3 is 19.8 Å². The molecule has 2 aromatic heterocycles. The van der Waals surface area contributed by atoms with Crippen LogP contribution in [0.4, 0.5) is 10.8 Å². The van der Waals surface area contributed by atoms with Crippen LogP contribution in [0.3, 0.4) is 0 Å². The number of para-hydroxylation sites is 1. The predicted molar refractivity (Wildman–Crippen MR) is 121 cm³/mol. The molecule has 154 valence electrons. The number of benzene rings is 2. The molecule has 0 aliphatic heterocycles. The zero-order valence-corrected chi connectivity index (χ0v) is 17.6. The van der Waals surface area contributed by atoms with Gasteiger partial charge in [-0.1, -0.05) is 37.5 Å². The zero-order chi connectivity index (χ0) is 20.5. The number of anilines is 2. The molecule has 30 heavy (non-hydrogen) atoms. The van der Waals surface area contributed by atoms with E-state index in [1.54, 1.807) is 18.6 Å². The number of methoxy groups -OCH3 is 1. The fourth-order valence-electron chi connectivity index (χ4n) is 4.07. The number of ether oxygens (including phenoxy) is 1. The van der Waals surface area contributed by atoms with Gasteiger partial charge in [-0.15, -0.1) is 11.3 Å². The molecule has 0 bridgehead atoms. The summed E-state index contributed by atoms with van der Waals surface area (Å²) in [5.41, 5.74) is 2.45. The summed E-state index contributed by atoms with van der Waals surface area (Å²) in [6.45, 7) is 0. The van der Waals surface area contributed by atoms with Crippen LogP contribution in [0.1, 0.15) is 42.6 Å². The largest absolute Gasteiger partial charge is 0.495 e. The molecule has 1 amide bonds. The van der Waals surface area contributed by atoms with Crippen molar-refractivity contribution >= 4 is 50.0 Å². The molecule has 0 atom stereocenters. The van der Waals surface area contributed by atoms with Gasteiger partial charge in [0, 0.05) is 28.3 Å². The topological polar surface area (TPSA) is 76.4 Å². The number of amides is 1. The van der Waals surface area contributed by atoms with E-state index in [0.717, 1.165) is 34.3 Å². The Hall–Kier alpha value is -3.06. The molecule has 0 saturated heterocycles. The number of carbonyl (C=O) groups excluding carboxylic acids is 1. The Kier molecular flexibility index (Phi) is 5.04. The Morgan fingerprint density at radius 2 is 1.97 bits per heavy atom. The molecule has 1 fully saturated rings. The van der Waals surface area contributed by atoms with Crippen LogP contribution < -0.4 is 15.4 Å². The molecule has 2 N–H and O–H groups in total. The van der Waals surface area contributed by atoms with Gasteiger partial charge in [0.25, 0.3) is 5.91 Å². The summed E-state index contributed by atoms with van der Waals surface area (Å²) in [7, 11) is 1.59. The fraction of sp³-hybridized carbons (Fsp3) is 0.304. The highest BCUT2D eigenvalue weighted by molar-refractivity contribution is 7.13. The maximum atomic E-state index is 12.8. The summed E-state index contributed by atoms with van der Waals surface area (Å²) >= 11 is 1.46. The number of rotatable bonds is 5. The molecule has 7 heteroatoms. The Morgan fingerprint density at radius 3 is 2.80 bits per heavy atom. The van der Waals surface area contributed by atoms with Gasteiger partial charge in [-0.05, 0) is 25.0 Å². The number of aromatic nitrogens is 1. The van der Waals surface area contributed by atoms with E-state index in [0.29, 0.717) is 28.8 Å². The standard InChI is InChI=1S/C23H23N3O3S/c1-28-21-11-16-15-9-5-6-10-19(15)29-20(16)12-17(21)25-22(27)18-13-30-23(26-18)24-14-7-3-2-4-8-14/h5-6,9-14H,2-4,7-8H2,1H3,(H,24,26)(H,25,27). The van der Waals surface area contributed by atoms with Crippen molar-refractivity contribution in [3.8, 4) is 5.75 Å². The second-order valence-corrected chi connectivity index (χ2v) is 8.48. The minimum atomic E-state index is -0.267. The van der Waals surface area contributed by atoms with E-state index in [4.69, 9.17) is 9.15 Å². The zero-order valence-electron chi connectivity index (χ0n) is 16.7. The third-order valence-electron chi connectivity index (χ3n) is 5.62. The van der Waals surface area contributed by atoms with E-state index in [-0.39, 0.29) is 5.91 Å². The first-order chi connectivity index (χ1) is 14.7. The van der Waals surface area contributed by atoms with Gasteiger partial charge in [-0.25, -0.2) is 4.98 Å². The van der Waals surface area contributed by atoms with Crippen molar-refractivity contribution < 1.29 is 13.9 Å². The summed E-state index contributed by atoms with van der Waals surface area (Å²) < 4.78 is 11.5. The Morgan fingerprint density at radius 1 is 1.13 bits per heavy atom. The van der Waals surface area contributed by atoms with E-state index < -0.39 is 0 Å². The third-order valence-corrected chi connectivity index (χ3v) is 6.39. The monoisotopic (exact) mass is 421 g/mol. The van der Waals surface area contributed by atoms with Crippen LogP contribution in [0.25, 0.3) is 21.9 Å². The number of hydrogen-bond acceptors (Lipinski definition) is 6. The molecule has 0 spiro atoms. The van der Waals surface area contributed by atoms with Crippen LogP contribution >= 0.6 is 11.3 Å². The van der Waals surface area contributed by atoms with E-state index in [1.807, 2.05) is 30.3 Å². The van der Waals surface area contributed by atoms with Crippen molar-refractivity contribution in [3.63, 3.8) is 0 Å². The van der Waals surface area contributed by atoms with Crippen molar-refractivity contribution in [2.75, 3.05) is 17.7 Å². The lowest BCUT2D eigenvalue weighted by Gasteiger charge is -2.22. The highest BCUT2D eigenvalue weighted by atomic mass is 32.1. The van der Waals surface area contributed by atoms with Gasteiger partial charge in [-0.2, -0.15) is 0 Å². The lowest BCUT2D eigenvalue weighted by atomic mass is 9.96. The normalized spacial score (nSPS) is 14.8. The molecular weight excluding hydrogens is 398 g/mol. The van der Waals surface area contributed by atoms with Crippen molar-refractivity contribution in [1.82, 2.24) is 4.98 Å². The van der Waals surface area contributed by atoms with Crippen molar-refractivity contribution in [3.05, 3.63) is 47.5 Å². The Balaban J connectivity index is 1.38. The van der Waals surface area contributed by atoms with Crippen LogP contribution in [0.2, 0.25) is 0 Å². The Bertz CT molecular complexity index is 1210. The number of furan rings is 1. The fourth-order valence-corrected chi connectivity index (χ4v) is 4.84. The second kappa shape index (κ2) is 7.99. The molecule has 1 aliphatic rings. The predicted octanol–water partition coefficient (Wildman–Crippen LogP) is 6.05. The maximum Gasteiger partial charge on any atom is 0.275 e. The number of thiazole rings is 1. The number of carbonyl (C=O) groups is 1. The molecule has 4 aromatic rings. The van der Waals surface area contributed by atoms with Gasteiger partial charge >= 0.3 is 0 Å². The first kappa shape index (κ1) is 18.9. The van der Waals surface area contributed by atoms with Crippen molar-refractivity contribution in [1.29, 1.82) is 0 Å². The minimum Gasteiger partial charge on any atom is -0.495 e. The Labute approximate surface area is 178 Å². The number of nitrogens with one attached hydrogen (secondary N) is 2. The third kappa shape index (κ3) is 3.61. The number of fused-ring (bicyclic) bond motifs is 3. The van der Waals surface area contributed by atoms with E-state index in [1.165, 1.54) is 30.6 Å². The van der Waals surface area contributed by atoms with E-state index in [9.17, 15) is 4.79 Å². The summed E-state index contributed by atoms with van der Waals surface area (Å²) in [6.07, 6.45) is 6.13. The summed E-state index contributed by atoms with van der Waals surface area (Å²) in [4.78, 5) is 17.3. The number of hydrogen-bond donors (Lipinski definition) is 2. The number of nitrogens with zero attached hydrogens (tertiary/aromatic N) is 1. The van der Waals surface area contributed by atoms with Gasteiger partial charge in [-0.3, -0.25) is 4.79 Å². The highest BCUT2D eigenvalue weighted by Crippen LogP contribution is 2.36. The first-order valence-corrected chi connectivity index (χ1v) is 11.1. The molecule has 2 aromatic carbocycles. The van der Waals surface area contributed by atoms with Crippen molar-refractivity contribution in [2.45, 2.75) is 38.1 Å². The lowest BCUT2D eigenvalue weighted by molar-refractivity contribution is 0.102. The summed E-state index contributed by atoms with van der Waals surface area (Å²) in [5, 5.41) is 10.9. The highest BCUT2D eigenvalue weighted by Gasteiger charge is 2.18. The minimum absolute atomic E-state index is 0.267. The average Bonchev–Trinajstić information content (AvgIpc) is 3.38. The van der Waals surface area contributed by atoms with Crippen LogP contribution in [-0.2, 0) is 0 Å². The lowest BCUT2D eigenvalue weighted by Crippen LogP contribution is -2.22. The molecule has 0 radical (unpaired) electrons. The first-order valence-electron chi connectivity index (χ1n) is 10.2. The van der Waals surface area contributed by atoms with E-state index >= 15 is 0 Å². The molecule has 1 aliphatic carbocycles. The van der Waals surface area contributed by atoms with Gasteiger partial charge in [0.05, 0.1) is 12.8 Å². The quantitative estimate of drug-likeness (QED) is 0.410. The molecule has 6 nitrogen and oxygen atoms in total. The molecule has 2 heterocycles. The van der Waals surface area contributed by atoms with Gasteiger partial charge in [0.2, 0.25) is 0 Å².